The molecule has 1 aliphatic heterocycles. The Hall–Kier alpha value is -0.850. The highest BCUT2D eigenvalue weighted by Gasteiger charge is 2.33. The lowest BCUT2D eigenvalue weighted by molar-refractivity contribution is 0.303. The Morgan fingerprint density at radius 2 is 2.17 bits per heavy atom. The Kier molecular flexibility index (Phi) is 5.92. The third-order valence-corrected chi connectivity index (χ3v) is 6.39. The number of rotatable bonds is 4. The van der Waals surface area contributed by atoms with Crippen molar-refractivity contribution >= 4 is 44.5 Å². The molecule has 0 bridgehead atoms. The Balaban J connectivity index is 2.14. The van der Waals surface area contributed by atoms with Gasteiger partial charge in [0.05, 0.1) is 11.5 Å². The van der Waals surface area contributed by atoms with Crippen molar-refractivity contribution in [2.24, 2.45) is 5.92 Å². The number of nitrogens with one attached hydrogen (secondary N) is 1. The third kappa shape index (κ3) is 5.06. The van der Waals surface area contributed by atoms with E-state index in [-0.39, 0.29) is 17.5 Å². The van der Waals surface area contributed by atoms with Gasteiger partial charge in [0.1, 0.15) is 0 Å². The van der Waals surface area contributed by atoms with E-state index in [1.807, 2.05) is 30.0 Å². The summed E-state index contributed by atoms with van der Waals surface area (Å²) in [5.41, 5.74) is 1.82. The maximum atomic E-state index is 11.8. The summed E-state index contributed by atoms with van der Waals surface area (Å²) in [6.07, 6.45) is 0.630. The molecule has 0 unspecified atom stereocenters. The van der Waals surface area contributed by atoms with Crippen LogP contribution in [0.5, 0.6) is 0 Å². The summed E-state index contributed by atoms with van der Waals surface area (Å²) in [6.45, 7) is 6.87. The van der Waals surface area contributed by atoms with E-state index < -0.39 is 9.84 Å². The maximum Gasteiger partial charge on any atom is 0.173 e. The highest BCUT2D eigenvalue weighted by molar-refractivity contribution is 7.91. The second-order valence-corrected chi connectivity index (χ2v) is 9.52. The smallest absolute Gasteiger partial charge is 0.173 e. The van der Waals surface area contributed by atoms with Crippen molar-refractivity contribution in [3.8, 4) is 0 Å². The molecule has 2 rings (SSSR count). The minimum Gasteiger partial charge on any atom is -0.345 e. The summed E-state index contributed by atoms with van der Waals surface area (Å²) in [4.78, 5) is 2.01. The minimum absolute atomic E-state index is 0.0525. The van der Waals surface area contributed by atoms with Gasteiger partial charge in [0, 0.05) is 23.3 Å². The van der Waals surface area contributed by atoms with Crippen molar-refractivity contribution in [2.75, 3.05) is 23.4 Å². The van der Waals surface area contributed by atoms with Crippen LogP contribution in [0.3, 0.4) is 0 Å². The van der Waals surface area contributed by atoms with Crippen molar-refractivity contribution in [3.05, 3.63) is 28.8 Å². The Morgan fingerprint density at radius 1 is 1.48 bits per heavy atom. The predicted octanol–water partition coefficient (Wildman–Crippen LogP) is 3.49. The first-order valence-electron chi connectivity index (χ1n) is 7.72. The number of anilines is 1. The molecule has 0 saturated carbocycles. The Labute approximate surface area is 149 Å². The molecule has 0 aliphatic carbocycles. The fourth-order valence-corrected chi connectivity index (χ4v) is 4.93. The fourth-order valence-electron chi connectivity index (χ4n) is 2.68. The fraction of sp³-hybridized carbons (Fsp3) is 0.562. The molecule has 0 aromatic heterocycles. The van der Waals surface area contributed by atoms with Gasteiger partial charge in [-0.3, -0.25) is 0 Å². The molecule has 1 saturated heterocycles. The van der Waals surface area contributed by atoms with Gasteiger partial charge in [-0.05, 0) is 49.2 Å². The molecule has 128 valence electrons. The van der Waals surface area contributed by atoms with E-state index in [2.05, 4.69) is 19.2 Å². The lowest BCUT2D eigenvalue weighted by Gasteiger charge is -2.32. The van der Waals surface area contributed by atoms with Crippen molar-refractivity contribution in [1.29, 1.82) is 0 Å². The van der Waals surface area contributed by atoms with Gasteiger partial charge in [-0.2, -0.15) is 0 Å². The van der Waals surface area contributed by atoms with E-state index in [1.165, 1.54) is 0 Å². The van der Waals surface area contributed by atoms with Crippen LogP contribution in [0.15, 0.2) is 18.2 Å². The molecule has 1 N–H and O–H groups in total. The summed E-state index contributed by atoms with van der Waals surface area (Å²) in [7, 11) is -2.95. The topological polar surface area (TPSA) is 49.4 Å². The first-order valence-corrected chi connectivity index (χ1v) is 10.3. The zero-order chi connectivity index (χ0) is 17.2. The van der Waals surface area contributed by atoms with E-state index in [1.54, 1.807) is 0 Å². The van der Waals surface area contributed by atoms with E-state index in [4.69, 9.17) is 23.8 Å². The van der Waals surface area contributed by atoms with Gasteiger partial charge in [0.2, 0.25) is 0 Å². The number of aryl methyl sites for hydroxylation is 1. The molecule has 1 fully saturated rings. The van der Waals surface area contributed by atoms with Crippen LogP contribution in [0, 0.1) is 12.8 Å². The molecule has 0 amide bonds. The second kappa shape index (κ2) is 7.36. The number of sulfone groups is 1. The van der Waals surface area contributed by atoms with E-state index in [0.29, 0.717) is 22.5 Å². The van der Waals surface area contributed by atoms with Crippen molar-refractivity contribution in [3.63, 3.8) is 0 Å². The summed E-state index contributed by atoms with van der Waals surface area (Å²) in [6, 6.07) is 5.64. The molecule has 1 heterocycles. The Morgan fingerprint density at radius 3 is 2.70 bits per heavy atom. The normalized spacial score (nSPS) is 19.8. The molecule has 0 spiro atoms. The molecule has 1 aliphatic rings. The van der Waals surface area contributed by atoms with Crippen molar-refractivity contribution in [2.45, 2.75) is 33.2 Å². The number of hydrogen-bond donors (Lipinski definition) is 1. The third-order valence-electron chi connectivity index (χ3n) is 3.89. The van der Waals surface area contributed by atoms with Crippen LogP contribution in [0.1, 0.15) is 25.8 Å². The Bertz CT molecular complexity index is 689. The number of benzene rings is 1. The summed E-state index contributed by atoms with van der Waals surface area (Å²) >= 11 is 11.7. The molecule has 0 radical (unpaired) electrons. The molecule has 7 heteroatoms. The summed E-state index contributed by atoms with van der Waals surface area (Å²) in [5, 5.41) is 4.43. The zero-order valence-electron chi connectivity index (χ0n) is 13.7. The zero-order valence-corrected chi connectivity index (χ0v) is 16.1. The summed E-state index contributed by atoms with van der Waals surface area (Å²) in [5.74, 6) is 0.807. The van der Waals surface area contributed by atoms with Crippen LogP contribution in [0.2, 0.25) is 5.02 Å². The minimum atomic E-state index is -2.95. The molecule has 1 aromatic rings. The number of halogens is 1. The number of thiocarbonyl (C=S) groups is 1. The van der Waals surface area contributed by atoms with Crippen LogP contribution in [-0.4, -0.2) is 42.5 Å². The molecule has 1 aromatic carbocycles. The van der Waals surface area contributed by atoms with Crippen LogP contribution in [0.4, 0.5) is 5.69 Å². The van der Waals surface area contributed by atoms with Crippen molar-refractivity contribution in [1.82, 2.24) is 4.90 Å². The van der Waals surface area contributed by atoms with Crippen LogP contribution in [-0.2, 0) is 9.84 Å². The average Bonchev–Trinajstić information content (AvgIpc) is 2.80. The lowest BCUT2D eigenvalue weighted by Crippen LogP contribution is -2.45. The molecule has 1 atom stereocenters. The highest BCUT2D eigenvalue weighted by atomic mass is 35.5. The van der Waals surface area contributed by atoms with Gasteiger partial charge < -0.3 is 10.2 Å². The largest absolute Gasteiger partial charge is 0.345 e. The average molecular weight is 375 g/mol. The van der Waals surface area contributed by atoms with Gasteiger partial charge in [0.15, 0.2) is 14.9 Å². The molecule has 4 nitrogen and oxygen atoms in total. The quantitative estimate of drug-likeness (QED) is 0.817. The molecule has 23 heavy (non-hydrogen) atoms. The monoisotopic (exact) mass is 374 g/mol. The second-order valence-electron chi connectivity index (χ2n) is 6.50. The molecular formula is C16H23ClN2O2S2. The van der Waals surface area contributed by atoms with Crippen LogP contribution < -0.4 is 5.32 Å². The van der Waals surface area contributed by atoms with Gasteiger partial charge in [-0.15, -0.1) is 0 Å². The first kappa shape index (κ1) is 18.5. The lowest BCUT2D eigenvalue weighted by atomic mass is 10.1. The van der Waals surface area contributed by atoms with E-state index >= 15 is 0 Å². The number of hydrogen-bond acceptors (Lipinski definition) is 3. The van der Waals surface area contributed by atoms with Gasteiger partial charge in [-0.1, -0.05) is 31.5 Å². The first-order chi connectivity index (χ1) is 10.7. The van der Waals surface area contributed by atoms with Gasteiger partial charge in [0.25, 0.3) is 0 Å². The molecular weight excluding hydrogens is 352 g/mol. The van der Waals surface area contributed by atoms with Gasteiger partial charge in [-0.25, -0.2) is 8.42 Å². The van der Waals surface area contributed by atoms with E-state index in [9.17, 15) is 8.42 Å². The highest BCUT2D eigenvalue weighted by Crippen LogP contribution is 2.23. The number of nitrogens with zero attached hydrogens (tertiary/aromatic N) is 1. The van der Waals surface area contributed by atoms with Crippen LogP contribution >= 0.6 is 23.8 Å². The van der Waals surface area contributed by atoms with Crippen molar-refractivity contribution < 1.29 is 8.42 Å². The van der Waals surface area contributed by atoms with E-state index in [0.717, 1.165) is 17.8 Å². The van der Waals surface area contributed by atoms with Crippen LogP contribution in [0.25, 0.3) is 0 Å². The maximum absolute atomic E-state index is 11.8. The predicted molar refractivity (Wildman–Crippen MR) is 101 cm³/mol. The van der Waals surface area contributed by atoms with Gasteiger partial charge >= 0.3 is 0 Å². The standard InChI is InChI=1S/C16H23ClN2O2S2/c1-11(2)9-19(14-6-7-23(20,21)10-14)16(22)18-13-5-4-12(3)15(17)8-13/h4-5,8,11,14H,6-7,9-10H2,1-3H3,(H,18,22)/t14-/m1/s1. The SMILES string of the molecule is Cc1ccc(NC(=S)N(CC(C)C)[C@@H]2CCS(=O)(=O)C2)cc1Cl. The summed E-state index contributed by atoms with van der Waals surface area (Å²) < 4.78 is 23.6.